The largest absolute Gasteiger partial charge is 0.496 e. The first-order chi connectivity index (χ1) is 10.8. The predicted molar refractivity (Wildman–Crippen MR) is 87.4 cm³/mol. The van der Waals surface area contributed by atoms with Gasteiger partial charge in [0, 0.05) is 31.1 Å². The van der Waals surface area contributed by atoms with Crippen molar-refractivity contribution in [3.8, 4) is 5.75 Å². The second-order valence-electron chi connectivity index (χ2n) is 5.59. The van der Waals surface area contributed by atoms with Crippen LogP contribution in [0.15, 0.2) is 35.8 Å². The average Bonchev–Trinajstić information content (AvgIpc) is 3.07. The third-order valence-corrected chi connectivity index (χ3v) is 4.89. The standard InChI is InChI=1S/C17H20N2O2S/c1-21-15-7-3-2-6-14(15)17(20)19-9-4-5-13(12-19)11-16-18-8-10-22-16/h2-3,6-8,10,13H,4-5,9,11-12H2,1H3/t13-/m0/s1. The first-order valence-corrected chi connectivity index (χ1v) is 8.46. The highest BCUT2D eigenvalue weighted by Gasteiger charge is 2.26. The van der Waals surface area contributed by atoms with E-state index in [1.54, 1.807) is 18.4 Å². The topological polar surface area (TPSA) is 42.4 Å². The fourth-order valence-electron chi connectivity index (χ4n) is 3.01. The number of amides is 1. The second-order valence-corrected chi connectivity index (χ2v) is 6.57. The molecule has 0 aliphatic carbocycles. The van der Waals surface area contributed by atoms with E-state index in [1.165, 1.54) is 0 Å². The Bertz CT molecular complexity index is 627. The Morgan fingerprint density at radius 2 is 2.32 bits per heavy atom. The van der Waals surface area contributed by atoms with Crippen LogP contribution in [0.2, 0.25) is 0 Å². The van der Waals surface area contributed by atoms with Crippen LogP contribution in [0.4, 0.5) is 0 Å². The minimum absolute atomic E-state index is 0.0706. The second kappa shape index (κ2) is 6.92. The van der Waals surface area contributed by atoms with Gasteiger partial charge < -0.3 is 9.64 Å². The smallest absolute Gasteiger partial charge is 0.257 e. The summed E-state index contributed by atoms with van der Waals surface area (Å²) in [5.74, 6) is 1.22. The highest BCUT2D eigenvalue weighted by atomic mass is 32.1. The molecule has 0 unspecified atom stereocenters. The maximum Gasteiger partial charge on any atom is 0.257 e. The van der Waals surface area contributed by atoms with E-state index in [-0.39, 0.29) is 5.91 Å². The molecule has 2 aromatic rings. The molecule has 1 atom stereocenters. The Balaban J connectivity index is 1.70. The molecule has 4 nitrogen and oxygen atoms in total. The van der Waals surface area contributed by atoms with Crippen molar-refractivity contribution in [2.24, 2.45) is 5.92 Å². The third kappa shape index (κ3) is 3.30. The third-order valence-electron chi connectivity index (χ3n) is 4.09. The number of piperidine rings is 1. The number of thiazole rings is 1. The van der Waals surface area contributed by atoms with E-state index in [2.05, 4.69) is 4.98 Å². The van der Waals surface area contributed by atoms with Gasteiger partial charge in [-0.3, -0.25) is 4.79 Å². The van der Waals surface area contributed by atoms with Crippen molar-refractivity contribution in [2.45, 2.75) is 19.3 Å². The number of hydrogen-bond acceptors (Lipinski definition) is 4. The monoisotopic (exact) mass is 316 g/mol. The van der Waals surface area contributed by atoms with E-state index in [1.807, 2.05) is 40.7 Å². The van der Waals surface area contributed by atoms with Crippen LogP contribution in [0.5, 0.6) is 5.75 Å². The first-order valence-electron chi connectivity index (χ1n) is 7.58. The molecule has 1 aromatic heterocycles. The van der Waals surface area contributed by atoms with E-state index < -0.39 is 0 Å². The molecule has 2 heterocycles. The fraction of sp³-hybridized carbons (Fsp3) is 0.412. The summed E-state index contributed by atoms with van der Waals surface area (Å²) in [7, 11) is 1.60. The molecule has 116 valence electrons. The van der Waals surface area contributed by atoms with Gasteiger partial charge in [-0.25, -0.2) is 4.98 Å². The zero-order chi connectivity index (χ0) is 15.4. The lowest BCUT2D eigenvalue weighted by atomic mass is 9.94. The molecular weight excluding hydrogens is 296 g/mol. The van der Waals surface area contributed by atoms with E-state index in [9.17, 15) is 4.79 Å². The van der Waals surface area contributed by atoms with Crippen molar-refractivity contribution < 1.29 is 9.53 Å². The lowest BCUT2D eigenvalue weighted by Crippen LogP contribution is -2.40. The van der Waals surface area contributed by atoms with Crippen molar-refractivity contribution in [1.82, 2.24) is 9.88 Å². The molecule has 1 amide bonds. The van der Waals surface area contributed by atoms with Gasteiger partial charge in [-0.1, -0.05) is 12.1 Å². The molecule has 1 fully saturated rings. The number of hydrogen-bond donors (Lipinski definition) is 0. The number of benzene rings is 1. The Morgan fingerprint density at radius 1 is 1.45 bits per heavy atom. The molecule has 0 spiro atoms. The van der Waals surface area contributed by atoms with Crippen molar-refractivity contribution in [3.63, 3.8) is 0 Å². The van der Waals surface area contributed by atoms with Gasteiger partial charge in [0.05, 0.1) is 17.7 Å². The van der Waals surface area contributed by atoms with Gasteiger partial charge in [0.1, 0.15) is 5.75 Å². The Morgan fingerprint density at radius 3 is 3.09 bits per heavy atom. The van der Waals surface area contributed by atoms with Crippen LogP contribution in [-0.2, 0) is 6.42 Å². The summed E-state index contributed by atoms with van der Waals surface area (Å²) in [6, 6.07) is 7.44. The highest BCUT2D eigenvalue weighted by Crippen LogP contribution is 2.25. The predicted octanol–water partition coefficient (Wildman–Crippen LogP) is 3.25. The number of likely N-dealkylation sites (tertiary alicyclic amines) is 1. The summed E-state index contributed by atoms with van der Waals surface area (Å²) in [6.45, 7) is 1.63. The lowest BCUT2D eigenvalue weighted by Gasteiger charge is -2.32. The van der Waals surface area contributed by atoms with Gasteiger partial charge in [-0.2, -0.15) is 0 Å². The van der Waals surface area contributed by atoms with Gasteiger partial charge in [0.25, 0.3) is 5.91 Å². The van der Waals surface area contributed by atoms with E-state index in [0.29, 0.717) is 17.2 Å². The Hall–Kier alpha value is -1.88. The van der Waals surface area contributed by atoms with Crippen molar-refractivity contribution in [3.05, 3.63) is 46.4 Å². The van der Waals surface area contributed by atoms with Gasteiger partial charge in [0.2, 0.25) is 0 Å². The molecule has 1 aliphatic rings. The number of rotatable bonds is 4. The zero-order valence-electron chi connectivity index (χ0n) is 12.7. The molecule has 0 bridgehead atoms. The molecular formula is C17H20N2O2S. The fourth-order valence-corrected chi connectivity index (χ4v) is 3.74. The van der Waals surface area contributed by atoms with Crippen molar-refractivity contribution >= 4 is 17.2 Å². The number of methoxy groups -OCH3 is 1. The number of para-hydroxylation sites is 1. The van der Waals surface area contributed by atoms with Crippen LogP contribution in [0.25, 0.3) is 0 Å². The summed E-state index contributed by atoms with van der Waals surface area (Å²) in [6.07, 6.45) is 5.03. The minimum Gasteiger partial charge on any atom is -0.496 e. The van der Waals surface area contributed by atoms with Crippen LogP contribution >= 0.6 is 11.3 Å². The van der Waals surface area contributed by atoms with Crippen LogP contribution < -0.4 is 4.74 Å². The van der Waals surface area contributed by atoms with Crippen molar-refractivity contribution in [2.75, 3.05) is 20.2 Å². The maximum atomic E-state index is 12.8. The summed E-state index contributed by atoms with van der Waals surface area (Å²) in [5.41, 5.74) is 0.653. The van der Waals surface area contributed by atoms with E-state index in [4.69, 9.17) is 4.74 Å². The summed E-state index contributed by atoms with van der Waals surface area (Å²) < 4.78 is 5.31. The number of nitrogens with zero attached hydrogens (tertiary/aromatic N) is 2. The molecule has 5 heteroatoms. The van der Waals surface area contributed by atoms with E-state index >= 15 is 0 Å². The molecule has 1 aromatic carbocycles. The lowest BCUT2D eigenvalue weighted by molar-refractivity contribution is 0.0670. The van der Waals surface area contributed by atoms with E-state index in [0.717, 1.165) is 37.4 Å². The molecule has 0 saturated carbocycles. The molecule has 22 heavy (non-hydrogen) atoms. The first kappa shape index (κ1) is 15.0. The van der Waals surface area contributed by atoms with Gasteiger partial charge >= 0.3 is 0 Å². The zero-order valence-corrected chi connectivity index (χ0v) is 13.5. The van der Waals surface area contributed by atoms with Crippen LogP contribution in [-0.4, -0.2) is 36.0 Å². The summed E-state index contributed by atoms with van der Waals surface area (Å²) in [5, 5.41) is 3.17. The SMILES string of the molecule is COc1ccccc1C(=O)N1CCC[C@@H](Cc2nccs2)C1. The Labute approximate surface area is 134 Å². The number of carbonyl (C=O) groups is 1. The molecule has 0 N–H and O–H groups in total. The number of aromatic nitrogens is 1. The normalized spacial score (nSPS) is 18.2. The van der Waals surface area contributed by atoms with Gasteiger partial charge in [-0.15, -0.1) is 11.3 Å². The number of carbonyl (C=O) groups excluding carboxylic acids is 1. The van der Waals surface area contributed by atoms with Crippen LogP contribution in [0, 0.1) is 5.92 Å². The van der Waals surface area contributed by atoms with Crippen LogP contribution in [0.3, 0.4) is 0 Å². The minimum atomic E-state index is 0.0706. The Kier molecular flexibility index (Phi) is 4.73. The quantitative estimate of drug-likeness (QED) is 0.869. The van der Waals surface area contributed by atoms with Gasteiger partial charge in [-0.05, 0) is 30.9 Å². The molecule has 1 saturated heterocycles. The number of ether oxygens (including phenoxy) is 1. The highest BCUT2D eigenvalue weighted by molar-refractivity contribution is 7.09. The van der Waals surface area contributed by atoms with Gasteiger partial charge in [0.15, 0.2) is 0 Å². The van der Waals surface area contributed by atoms with Crippen molar-refractivity contribution in [1.29, 1.82) is 0 Å². The van der Waals surface area contributed by atoms with Crippen LogP contribution in [0.1, 0.15) is 28.2 Å². The molecule has 3 rings (SSSR count). The molecule has 0 radical (unpaired) electrons. The summed E-state index contributed by atoms with van der Waals surface area (Å²) in [4.78, 5) is 19.1. The molecule has 1 aliphatic heterocycles. The summed E-state index contributed by atoms with van der Waals surface area (Å²) >= 11 is 1.69. The average molecular weight is 316 g/mol. The maximum absolute atomic E-state index is 12.8.